The summed E-state index contributed by atoms with van der Waals surface area (Å²) in [4.78, 5) is 16.0. The zero-order chi connectivity index (χ0) is 14.0. The lowest BCUT2D eigenvalue weighted by molar-refractivity contribution is -0.142. The third kappa shape index (κ3) is 6.90. The maximum Gasteiger partial charge on any atom is 0.253 e. The van der Waals surface area contributed by atoms with Crippen LogP contribution in [0.15, 0.2) is 0 Å². The first-order valence-corrected chi connectivity index (χ1v) is 6.22. The van der Waals surface area contributed by atoms with Crippen LogP contribution in [0.1, 0.15) is 6.42 Å². The van der Waals surface area contributed by atoms with Crippen LogP contribution in [0.5, 0.6) is 0 Å². The lowest BCUT2D eigenvalue weighted by Gasteiger charge is -2.26. The molecule has 0 aliphatic rings. The van der Waals surface area contributed by atoms with Crippen molar-refractivity contribution in [1.82, 2.24) is 9.80 Å². The monoisotopic (exact) mass is 261 g/mol. The normalized spacial score (nSPS) is 12.8. The van der Waals surface area contributed by atoms with Crippen molar-refractivity contribution in [3.63, 3.8) is 0 Å². The zero-order valence-corrected chi connectivity index (χ0v) is 12.0. The highest BCUT2D eigenvalue weighted by Crippen LogP contribution is 2.00. The van der Waals surface area contributed by atoms with Crippen molar-refractivity contribution in [2.24, 2.45) is 5.73 Å². The Morgan fingerprint density at radius 1 is 1.22 bits per heavy atom. The molecule has 0 bridgehead atoms. The highest BCUT2D eigenvalue weighted by Gasteiger charge is 2.22. The molecule has 2 N–H and O–H groups in total. The summed E-state index contributed by atoms with van der Waals surface area (Å²) < 4.78 is 10.1. The molecule has 0 saturated heterocycles. The van der Waals surface area contributed by atoms with Gasteiger partial charge in [-0.2, -0.15) is 0 Å². The minimum absolute atomic E-state index is 0.0594. The van der Waals surface area contributed by atoms with Crippen molar-refractivity contribution in [3.8, 4) is 0 Å². The molecule has 18 heavy (non-hydrogen) atoms. The fourth-order valence-electron chi connectivity index (χ4n) is 1.61. The van der Waals surface area contributed by atoms with Gasteiger partial charge in [0.2, 0.25) is 0 Å². The molecule has 0 aromatic rings. The van der Waals surface area contributed by atoms with Gasteiger partial charge in [0, 0.05) is 33.9 Å². The lowest BCUT2D eigenvalue weighted by Crippen LogP contribution is -2.45. The summed E-state index contributed by atoms with van der Waals surface area (Å²) in [7, 11) is 7.15. The Balaban J connectivity index is 4.31. The molecule has 0 spiro atoms. The fourth-order valence-corrected chi connectivity index (χ4v) is 1.61. The third-order valence-electron chi connectivity index (χ3n) is 2.68. The minimum atomic E-state index is -0.554. The SMILES string of the molecule is COCCN(CCCN(C)C)C(=O)C(CN)OC. The number of rotatable bonds is 10. The topological polar surface area (TPSA) is 68.0 Å². The second-order valence-corrected chi connectivity index (χ2v) is 4.43. The molecule has 0 aliphatic carbocycles. The van der Waals surface area contributed by atoms with Gasteiger partial charge in [0.15, 0.2) is 0 Å². The molecule has 1 atom stereocenters. The summed E-state index contributed by atoms with van der Waals surface area (Å²) in [6.07, 6.45) is 0.366. The van der Waals surface area contributed by atoms with Gasteiger partial charge in [-0.05, 0) is 27.1 Å². The molecule has 6 nitrogen and oxygen atoms in total. The Morgan fingerprint density at radius 2 is 1.89 bits per heavy atom. The number of amides is 1. The van der Waals surface area contributed by atoms with Crippen LogP contribution in [0.2, 0.25) is 0 Å². The first kappa shape index (κ1) is 17.3. The van der Waals surface area contributed by atoms with Crippen LogP contribution in [0.4, 0.5) is 0 Å². The zero-order valence-electron chi connectivity index (χ0n) is 12.0. The van der Waals surface area contributed by atoms with Gasteiger partial charge in [0.05, 0.1) is 6.61 Å². The molecular weight excluding hydrogens is 234 g/mol. The molecule has 1 amide bonds. The van der Waals surface area contributed by atoms with Gasteiger partial charge in [0.1, 0.15) is 6.10 Å². The maximum absolute atomic E-state index is 12.1. The number of nitrogens with two attached hydrogens (primary N) is 1. The number of hydrogen-bond acceptors (Lipinski definition) is 5. The van der Waals surface area contributed by atoms with Crippen LogP contribution in [-0.2, 0) is 14.3 Å². The molecule has 6 heteroatoms. The molecule has 0 radical (unpaired) electrons. The van der Waals surface area contributed by atoms with E-state index in [-0.39, 0.29) is 12.5 Å². The average Bonchev–Trinajstić information content (AvgIpc) is 2.34. The second kappa shape index (κ2) is 10.3. The van der Waals surface area contributed by atoms with Crippen molar-refractivity contribution in [2.75, 3.05) is 61.1 Å². The first-order chi connectivity index (χ1) is 8.56. The van der Waals surface area contributed by atoms with E-state index >= 15 is 0 Å². The van der Waals surface area contributed by atoms with E-state index in [0.717, 1.165) is 13.0 Å². The molecule has 108 valence electrons. The quantitative estimate of drug-likeness (QED) is 0.568. The average molecular weight is 261 g/mol. The number of methoxy groups -OCH3 is 2. The highest BCUT2D eigenvalue weighted by molar-refractivity contribution is 5.81. The number of nitrogens with zero attached hydrogens (tertiary/aromatic N) is 2. The van der Waals surface area contributed by atoms with Crippen molar-refractivity contribution < 1.29 is 14.3 Å². The summed E-state index contributed by atoms with van der Waals surface area (Å²) in [6, 6.07) is 0. The van der Waals surface area contributed by atoms with Gasteiger partial charge in [-0.3, -0.25) is 4.79 Å². The Hall–Kier alpha value is -0.690. The van der Waals surface area contributed by atoms with E-state index in [1.807, 2.05) is 14.1 Å². The number of carbonyl (C=O) groups excluding carboxylic acids is 1. The molecule has 0 aromatic heterocycles. The van der Waals surface area contributed by atoms with Crippen molar-refractivity contribution in [2.45, 2.75) is 12.5 Å². The van der Waals surface area contributed by atoms with Gasteiger partial charge in [-0.1, -0.05) is 0 Å². The van der Waals surface area contributed by atoms with Gasteiger partial charge in [-0.15, -0.1) is 0 Å². The predicted molar refractivity (Wildman–Crippen MR) is 71.5 cm³/mol. The number of ether oxygens (including phenoxy) is 2. The van der Waals surface area contributed by atoms with Crippen LogP contribution in [0.3, 0.4) is 0 Å². The van der Waals surface area contributed by atoms with Crippen LogP contribution in [0.25, 0.3) is 0 Å². The van der Waals surface area contributed by atoms with E-state index in [9.17, 15) is 4.79 Å². The largest absolute Gasteiger partial charge is 0.383 e. The summed E-state index contributed by atoms with van der Waals surface area (Å²) in [5, 5.41) is 0. The van der Waals surface area contributed by atoms with Crippen LogP contribution in [0, 0.1) is 0 Å². The van der Waals surface area contributed by atoms with Crippen molar-refractivity contribution in [1.29, 1.82) is 0 Å². The van der Waals surface area contributed by atoms with E-state index in [1.165, 1.54) is 7.11 Å². The summed E-state index contributed by atoms with van der Waals surface area (Å²) in [5.74, 6) is -0.0594. The van der Waals surface area contributed by atoms with Gasteiger partial charge >= 0.3 is 0 Å². The van der Waals surface area contributed by atoms with Gasteiger partial charge in [-0.25, -0.2) is 0 Å². The fraction of sp³-hybridized carbons (Fsp3) is 0.917. The van der Waals surface area contributed by atoms with Crippen molar-refractivity contribution >= 4 is 5.91 Å². The van der Waals surface area contributed by atoms with E-state index in [4.69, 9.17) is 15.2 Å². The standard InChI is InChI=1S/C12H27N3O3/c1-14(2)6-5-7-15(8-9-17-3)12(16)11(10-13)18-4/h11H,5-10,13H2,1-4H3. The summed E-state index contributed by atoms with van der Waals surface area (Å²) in [6.45, 7) is 2.93. The third-order valence-corrected chi connectivity index (χ3v) is 2.68. The van der Waals surface area contributed by atoms with Crippen LogP contribution < -0.4 is 5.73 Å². The molecule has 0 rings (SSSR count). The number of hydrogen-bond donors (Lipinski definition) is 1. The highest BCUT2D eigenvalue weighted by atomic mass is 16.5. The van der Waals surface area contributed by atoms with Gasteiger partial charge < -0.3 is 25.0 Å². The molecule has 0 aromatic carbocycles. The Labute approximate surface area is 110 Å². The molecule has 0 fully saturated rings. The summed E-state index contributed by atoms with van der Waals surface area (Å²) >= 11 is 0. The Kier molecular flexibility index (Phi) is 9.86. The smallest absolute Gasteiger partial charge is 0.253 e. The molecular formula is C12H27N3O3. The van der Waals surface area contributed by atoms with E-state index in [1.54, 1.807) is 12.0 Å². The molecule has 1 unspecified atom stereocenters. The summed E-state index contributed by atoms with van der Waals surface area (Å²) in [5.41, 5.74) is 5.52. The lowest BCUT2D eigenvalue weighted by atomic mass is 10.2. The maximum atomic E-state index is 12.1. The Morgan fingerprint density at radius 3 is 2.33 bits per heavy atom. The first-order valence-electron chi connectivity index (χ1n) is 6.22. The van der Waals surface area contributed by atoms with Crippen molar-refractivity contribution in [3.05, 3.63) is 0 Å². The van der Waals surface area contributed by atoms with E-state index in [2.05, 4.69) is 4.90 Å². The molecule has 0 saturated carbocycles. The number of carbonyl (C=O) groups is 1. The molecule has 0 heterocycles. The van der Waals surface area contributed by atoms with E-state index in [0.29, 0.717) is 19.7 Å². The molecule has 0 aliphatic heterocycles. The van der Waals surface area contributed by atoms with Gasteiger partial charge in [0.25, 0.3) is 5.91 Å². The minimum Gasteiger partial charge on any atom is -0.383 e. The van der Waals surface area contributed by atoms with E-state index < -0.39 is 6.10 Å². The van der Waals surface area contributed by atoms with Crippen LogP contribution >= 0.6 is 0 Å². The predicted octanol–water partition coefficient (Wildman–Crippen LogP) is -0.613. The second-order valence-electron chi connectivity index (χ2n) is 4.43. The Bertz CT molecular complexity index is 221. The van der Waals surface area contributed by atoms with Crippen LogP contribution in [-0.4, -0.2) is 82.9 Å².